The number of aromatic nitrogens is 2. The molecule has 0 aromatic carbocycles. The van der Waals surface area contributed by atoms with Gasteiger partial charge in [-0.2, -0.15) is 5.10 Å². The summed E-state index contributed by atoms with van der Waals surface area (Å²) in [7, 11) is 0. The van der Waals surface area contributed by atoms with Gasteiger partial charge in [-0.1, -0.05) is 12.8 Å². The largest absolute Gasteiger partial charge is 0.369 e. The van der Waals surface area contributed by atoms with E-state index in [2.05, 4.69) is 32.3 Å². The minimum Gasteiger partial charge on any atom is -0.369 e. The lowest BCUT2D eigenvalue weighted by Gasteiger charge is -2.11. The van der Waals surface area contributed by atoms with Crippen molar-refractivity contribution in [2.24, 2.45) is 0 Å². The van der Waals surface area contributed by atoms with Crippen molar-refractivity contribution in [2.75, 3.05) is 5.32 Å². The summed E-state index contributed by atoms with van der Waals surface area (Å²) in [6.07, 6.45) is 7.73. The lowest BCUT2D eigenvalue weighted by Crippen LogP contribution is -2.25. The van der Waals surface area contributed by atoms with E-state index < -0.39 is 0 Å². The second-order valence-corrected chi connectivity index (χ2v) is 4.23. The minimum absolute atomic E-state index is 0.139. The van der Waals surface area contributed by atoms with Gasteiger partial charge in [0, 0.05) is 6.54 Å². The topological polar surface area (TPSA) is 46.9 Å². The number of anilines is 1. The maximum atomic E-state index is 11.8. The first-order valence-corrected chi connectivity index (χ1v) is 5.87. The summed E-state index contributed by atoms with van der Waals surface area (Å²) in [5.41, 5.74) is 0.485. The van der Waals surface area contributed by atoms with E-state index in [-0.39, 0.29) is 11.6 Å². The normalized spacial score (nSPS) is 11.9. The van der Waals surface area contributed by atoms with E-state index in [0.29, 0.717) is 16.7 Å². The van der Waals surface area contributed by atoms with Crippen molar-refractivity contribution in [3.05, 3.63) is 21.0 Å². The van der Waals surface area contributed by atoms with Crippen LogP contribution in [-0.2, 0) is 6.54 Å². The summed E-state index contributed by atoms with van der Waals surface area (Å²) < 4.78 is 1.90. The number of hydrogen-bond acceptors (Lipinski definition) is 3. The van der Waals surface area contributed by atoms with Crippen molar-refractivity contribution in [3.8, 4) is 12.3 Å². The molecule has 1 atom stereocenters. The first-order valence-electron chi connectivity index (χ1n) is 5.08. The van der Waals surface area contributed by atoms with E-state index in [4.69, 9.17) is 6.42 Å². The van der Waals surface area contributed by atoms with E-state index in [1.54, 1.807) is 6.20 Å². The molecule has 1 N–H and O–H groups in total. The Morgan fingerprint density at radius 2 is 2.44 bits per heavy atom. The van der Waals surface area contributed by atoms with Crippen molar-refractivity contribution in [3.63, 3.8) is 0 Å². The van der Waals surface area contributed by atoms with Gasteiger partial charge in [-0.05, 0) is 29.3 Å². The Kier molecular flexibility index (Phi) is 4.56. The standard InChI is InChI=1S/C11H14BrN3O/c1-4-6-15-11(16)10(12)9(7-13-15)14-8(3)5-2/h2,7-8,14H,4,6H2,1,3H3. The van der Waals surface area contributed by atoms with E-state index in [0.717, 1.165) is 6.42 Å². The van der Waals surface area contributed by atoms with Crippen LogP contribution in [0.15, 0.2) is 15.5 Å². The smallest absolute Gasteiger partial charge is 0.283 e. The van der Waals surface area contributed by atoms with E-state index >= 15 is 0 Å². The van der Waals surface area contributed by atoms with Crippen LogP contribution in [0.3, 0.4) is 0 Å². The van der Waals surface area contributed by atoms with Gasteiger partial charge in [-0.25, -0.2) is 4.68 Å². The SMILES string of the molecule is C#CC(C)Nc1cnn(CCC)c(=O)c1Br. The fourth-order valence-corrected chi connectivity index (χ4v) is 1.63. The predicted molar refractivity (Wildman–Crippen MR) is 68.4 cm³/mol. The van der Waals surface area contributed by atoms with Gasteiger partial charge in [0.1, 0.15) is 4.47 Å². The molecular formula is C11H14BrN3O. The van der Waals surface area contributed by atoms with Crippen LogP contribution in [0, 0.1) is 12.3 Å². The molecule has 1 unspecified atom stereocenters. The summed E-state index contributed by atoms with van der Waals surface area (Å²) in [4.78, 5) is 11.8. The molecule has 4 nitrogen and oxygen atoms in total. The highest BCUT2D eigenvalue weighted by Crippen LogP contribution is 2.16. The molecule has 1 heterocycles. The molecule has 0 fully saturated rings. The Labute approximate surface area is 103 Å². The molecule has 0 bridgehead atoms. The Morgan fingerprint density at radius 1 is 1.75 bits per heavy atom. The third kappa shape index (κ3) is 2.86. The van der Waals surface area contributed by atoms with Crippen LogP contribution in [0.5, 0.6) is 0 Å². The Bertz CT molecular complexity index is 461. The molecule has 0 spiro atoms. The third-order valence-corrected chi connectivity index (χ3v) is 2.81. The number of nitrogens with one attached hydrogen (secondary N) is 1. The summed E-state index contributed by atoms with van der Waals surface area (Å²) in [5, 5.41) is 7.07. The highest BCUT2D eigenvalue weighted by Gasteiger charge is 2.09. The van der Waals surface area contributed by atoms with E-state index in [1.165, 1.54) is 4.68 Å². The molecule has 0 amide bonds. The van der Waals surface area contributed by atoms with Crippen LogP contribution in [0.4, 0.5) is 5.69 Å². The van der Waals surface area contributed by atoms with Gasteiger partial charge >= 0.3 is 0 Å². The van der Waals surface area contributed by atoms with Crippen molar-refractivity contribution >= 4 is 21.6 Å². The molecule has 5 heteroatoms. The average molecular weight is 284 g/mol. The molecule has 0 saturated heterocycles. The molecule has 16 heavy (non-hydrogen) atoms. The second kappa shape index (κ2) is 5.71. The number of aryl methyl sites for hydroxylation is 1. The van der Waals surface area contributed by atoms with E-state index in [1.807, 2.05) is 13.8 Å². The number of halogens is 1. The third-order valence-electron chi connectivity index (χ3n) is 2.04. The minimum atomic E-state index is -0.143. The Hall–Kier alpha value is -1.28. The number of rotatable bonds is 4. The van der Waals surface area contributed by atoms with Crippen molar-refractivity contribution in [1.29, 1.82) is 0 Å². The summed E-state index contributed by atoms with van der Waals surface area (Å²) in [6, 6.07) is -0.139. The Morgan fingerprint density at radius 3 is 3.00 bits per heavy atom. The van der Waals surface area contributed by atoms with Gasteiger partial charge in [-0.15, -0.1) is 6.42 Å². The zero-order valence-corrected chi connectivity index (χ0v) is 10.9. The highest BCUT2D eigenvalue weighted by molar-refractivity contribution is 9.10. The molecule has 0 aliphatic rings. The van der Waals surface area contributed by atoms with Crippen LogP contribution in [0.1, 0.15) is 20.3 Å². The molecule has 0 aliphatic carbocycles. The van der Waals surface area contributed by atoms with Crippen molar-refractivity contribution < 1.29 is 0 Å². The quantitative estimate of drug-likeness (QED) is 0.858. The molecular weight excluding hydrogens is 270 g/mol. The molecule has 86 valence electrons. The fourth-order valence-electron chi connectivity index (χ4n) is 1.21. The summed E-state index contributed by atoms with van der Waals surface area (Å²) in [5.74, 6) is 2.53. The van der Waals surface area contributed by atoms with Crippen LogP contribution in [0.2, 0.25) is 0 Å². The van der Waals surface area contributed by atoms with Gasteiger partial charge in [0.2, 0.25) is 0 Å². The first kappa shape index (κ1) is 12.8. The molecule has 1 rings (SSSR count). The van der Waals surface area contributed by atoms with Crippen molar-refractivity contribution in [1.82, 2.24) is 9.78 Å². The summed E-state index contributed by atoms with van der Waals surface area (Å²) >= 11 is 3.25. The van der Waals surface area contributed by atoms with Crippen LogP contribution >= 0.6 is 15.9 Å². The molecule has 1 aromatic heterocycles. The van der Waals surface area contributed by atoms with Gasteiger partial charge in [0.15, 0.2) is 0 Å². The Balaban J connectivity index is 3.03. The van der Waals surface area contributed by atoms with Gasteiger partial charge in [0.05, 0.1) is 17.9 Å². The van der Waals surface area contributed by atoms with Crippen LogP contribution in [0.25, 0.3) is 0 Å². The fraction of sp³-hybridized carbons (Fsp3) is 0.455. The monoisotopic (exact) mass is 283 g/mol. The van der Waals surface area contributed by atoms with Crippen LogP contribution < -0.4 is 10.9 Å². The predicted octanol–water partition coefficient (Wildman–Crippen LogP) is 1.85. The molecule has 0 radical (unpaired) electrons. The zero-order valence-electron chi connectivity index (χ0n) is 9.33. The maximum Gasteiger partial charge on any atom is 0.283 e. The zero-order chi connectivity index (χ0) is 12.1. The van der Waals surface area contributed by atoms with Gasteiger partial charge < -0.3 is 5.32 Å². The molecule has 0 saturated carbocycles. The summed E-state index contributed by atoms with van der Waals surface area (Å²) in [6.45, 7) is 4.45. The molecule has 0 aliphatic heterocycles. The number of hydrogen-bond donors (Lipinski definition) is 1. The van der Waals surface area contributed by atoms with Gasteiger partial charge in [0.25, 0.3) is 5.56 Å². The van der Waals surface area contributed by atoms with Crippen LogP contribution in [-0.4, -0.2) is 15.8 Å². The number of nitrogens with zero attached hydrogens (tertiary/aromatic N) is 2. The lowest BCUT2D eigenvalue weighted by atomic mass is 10.3. The lowest BCUT2D eigenvalue weighted by molar-refractivity contribution is 0.565. The first-order chi connectivity index (χ1) is 7.60. The van der Waals surface area contributed by atoms with Crippen molar-refractivity contribution in [2.45, 2.75) is 32.9 Å². The highest BCUT2D eigenvalue weighted by atomic mass is 79.9. The van der Waals surface area contributed by atoms with E-state index in [9.17, 15) is 4.79 Å². The number of terminal acetylenes is 1. The molecule has 1 aromatic rings. The maximum absolute atomic E-state index is 11.8. The average Bonchev–Trinajstić information content (AvgIpc) is 2.28. The van der Waals surface area contributed by atoms with Gasteiger partial charge in [-0.3, -0.25) is 4.79 Å². The second-order valence-electron chi connectivity index (χ2n) is 3.43.